The Kier molecular flexibility index (Phi) is 7.27. The number of hydrogen-bond donors (Lipinski definition) is 1. The van der Waals surface area contributed by atoms with Crippen molar-refractivity contribution in [2.45, 2.75) is 97.1 Å². The first kappa shape index (κ1) is 25.6. The SMILES string of the molecule is CCOC(=O)C(Cc1cc2c(cc1[N+](=O)[O-])C(C)(C)CCC2(C)C)NC(=O)OC(C)(C)C. The minimum absolute atomic E-state index is 0.0604. The first-order chi connectivity index (χ1) is 14.6. The molecular formula is C24H36N2O6. The zero-order valence-electron chi connectivity index (χ0n) is 20.5. The molecule has 1 aromatic carbocycles. The van der Waals surface area contributed by atoms with Crippen molar-refractivity contribution < 1.29 is 24.0 Å². The fraction of sp³-hybridized carbons (Fsp3) is 0.667. The van der Waals surface area contributed by atoms with Crippen molar-refractivity contribution in [3.63, 3.8) is 0 Å². The Labute approximate surface area is 190 Å². The minimum atomic E-state index is -1.11. The molecule has 0 saturated carbocycles. The van der Waals surface area contributed by atoms with E-state index in [1.165, 1.54) is 0 Å². The van der Waals surface area contributed by atoms with Crippen LogP contribution in [0, 0.1) is 10.1 Å². The zero-order valence-corrected chi connectivity index (χ0v) is 20.5. The van der Waals surface area contributed by atoms with Crippen LogP contribution in [0.3, 0.4) is 0 Å². The number of nitrogens with zero attached hydrogens (tertiary/aromatic N) is 1. The summed E-state index contributed by atoms with van der Waals surface area (Å²) in [5.41, 5.74) is 1.21. The Hall–Kier alpha value is -2.64. The van der Waals surface area contributed by atoms with Gasteiger partial charge in [-0.05, 0) is 68.6 Å². The summed E-state index contributed by atoms with van der Waals surface area (Å²) in [6.07, 6.45) is 1.02. The van der Waals surface area contributed by atoms with Crippen LogP contribution in [0.1, 0.15) is 84.9 Å². The van der Waals surface area contributed by atoms with Crippen molar-refractivity contribution in [1.82, 2.24) is 5.32 Å². The molecule has 1 aliphatic carbocycles. The van der Waals surface area contributed by atoms with Gasteiger partial charge >= 0.3 is 12.1 Å². The molecule has 1 amide bonds. The molecule has 1 aliphatic rings. The summed E-state index contributed by atoms with van der Waals surface area (Å²) in [5, 5.41) is 14.5. The summed E-state index contributed by atoms with van der Waals surface area (Å²) >= 11 is 0. The van der Waals surface area contributed by atoms with Crippen LogP contribution in [0.4, 0.5) is 10.5 Å². The lowest BCUT2D eigenvalue weighted by molar-refractivity contribution is -0.385. The number of nitrogens with one attached hydrogen (secondary N) is 1. The molecule has 1 atom stereocenters. The molecule has 2 rings (SSSR count). The Morgan fingerprint density at radius 3 is 2.12 bits per heavy atom. The van der Waals surface area contributed by atoms with Gasteiger partial charge in [0, 0.05) is 18.1 Å². The van der Waals surface area contributed by atoms with Crippen LogP contribution in [-0.2, 0) is 31.5 Å². The third-order valence-corrected chi connectivity index (χ3v) is 5.93. The van der Waals surface area contributed by atoms with Gasteiger partial charge in [-0.2, -0.15) is 0 Å². The van der Waals surface area contributed by atoms with Gasteiger partial charge in [0.15, 0.2) is 0 Å². The summed E-state index contributed by atoms with van der Waals surface area (Å²) in [6.45, 7) is 15.4. The van der Waals surface area contributed by atoms with E-state index in [0.29, 0.717) is 5.56 Å². The van der Waals surface area contributed by atoms with Crippen LogP contribution in [0.2, 0.25) is 0 Å². The average molecular weight is 449 g/mol. The molecule has 1 unspecified atom stereocenters. The molecule has 0 saturated heterocycles. The number of esters is 1. The monoisotopic (exact) mass is 448 g/mol. The number of nitro groups is 1. The lowest BCUT2D eigenvalue weighted by Gasteiger charge is -2.42. The second-order valence-corrected chi connectivity index (χ2v) is 10.7. The smallest absolute Gasteiger partial charge is 0.408 e. The minimum Gasteiger partial charge on any atom is -0.464 e. The number of fused-ring (bicyclic) bond motifs is 1. The summed E-state index contributed by atoms with van der Waals surface area (Å²) in [5.74, 6) is -0.662. The van der Waals surface area contributed by atoms with Crippen molar-refractivity contribution in [3.05, 3.63) is 38.9 Å². The fourth-order valence-corrected chi connectivity index (χ4v) is 4.09. The Bertz CT molecular complexity index is 898. The molecule has 8 heteroatoms. The molecule has 0 aromatic heterocycles. The molecule has 0 aliphatic heterocycles. The predicted molar refractivity (Wildman–Crippen MR) is 122 cm³/mol. The van der Waals surface area contributed by atoms with Crippen LogP contribution in [0.5, 0.6) is 0 Å². The first-order valence-electron chi connectivity index (χ1n) is 11.1. The lowest BCUT2D eigenvalue weighted by atomic mass is 9.62. The largest absolute Gasteiger partial charge is 0.464 e. The molecule has 178 valence electrons. The number of hydrogen-bond acceptors (Lipinski definition) is 6. The Morgan fingerprint density at radius 1 is 1.12 bits per heavy atom. The van der Waals surface area contributed by atoms with Gasteiger partial charge in [0.25, 0.3) is 5.69 Å². The number of carbonyl (C=O) groups is 2. The van der Waals surface area contributed by atoms with Crippen LogP contribution in [0.25, 0.3) is 0 Å². The number of nitro benzene ring substituents is 1. The highest BCUT2D eigenvalue weighted by molar-refractivity contribution is 5.82. The van der Waals surface area contributed by atoms with Crippen LogP contribution >= 0.6 is 0 Å². The number of ether oxygens (including phenoxy) is 2. The van der Waals surface area contributed by atoms with E-state index in [-0.39, 0.29) is 29.5 Å². The van der Waals surface area contributed by atoms with Crippen molar-refractivity contribution in [2.75, 3.05) is 6.61 Å². The van der Waals surface area contributed by atoms with Gasteiger partial charge in [-0.1, -0.05) is 27.7 Å². The third kappa shape index (κ3) is 5.99. The van der Waals surface area contributed by atoms with Gasteiger partial charge in [-0.25, -0.2) is 9.59 Å². The van der Waals surface area contributed by atoms with Crippen LogP contribution in [-0.4, -0.2) is 35.2 Å². The fourth-order valence-electron chi connectivity index (χ4n) is 4.09. The van der Waals surface area contributed by atoms with Gasteiger partial charge in [-0.3, -0.25) is 10.1 Å². The zero-order chi connectivity index (χ0) is 24.5. The van der Waals surface area contributed by atoms with E-state index in [2.05, 4.69) is 33.0 Å². The van der Waals surface area contributed by atoms with E-state index in [1.54, 1.807) is 33.8 Å². The highest BCUT2D eigenvalue weighted by Crippen LogP contribution is 2.47. The van der Waals surface area contributed by atoms with E-state index in [0.717, 1.165) is 24.0 Å². The standard InChI is InChI=1S/C24H36N2O6/c1-9-31-20(27)18(25-21(28)32-22(2,3)4)13-15-12-16-17(14-19(15)26(29)30)24(7,8)11-10-23(16,5)6/h12,14,18H,9-11,13H2,1-8H3,(H,25,28). The van der Waals surface area contributed by atoms with Gasteiger partial charge in [-0.15, -0.1) is 0 Å². The lowest BCUT2D eigenvalue weighted by Crippen LogP contribution is -2.45. The van der Waals surface area contributed by atoms with Crippen LogP contribution in [0.15, 0.2) is 12.1 Å². The summed E-state index contributed by atoms with van der Waals surface area (Å²) in [6, 6.07) is 2.36. The Morgan fingerprint density at radius 2 is 1.66 bits per heavy atom. The average Bonchev–Trinajstić information content (AvgIpc) is 2.63. The predicted octanol–water partition coefficient (Wildman–Crippen LogP) is 4.94. The van der Waals surface area contributed by atoms with Crippen molar-refractivity contribution in [3.8, 4) is 0 Å². The van der Waals surface area contributed by atoms with E-state index < -0.39 is 28.6 Å². The van der Waals surface area contributed by atoms with E-state index >= 15 is 0 Å². The molecule has 0 bridgehead atoms. The number of benzene rings is 1. The highest BCUT2D eigenvalue weighted by Gasteiger charge is 2.39. The van der Waals surface area contributed by atoms with Gasteiger partial charge < -0.3 is 14.8 Å². The van der Waals surface area contributed by atoms with E-state index in [1.807, 2.05) is 6.07 Å². The first-order valence-corrected chi connectivity index (χ1v) is 11.1. The molecule has 0 heterocycles. The number of rotatable bonds is 6. The maximum Gasteiger partial charge on any atom is 0.408 e. The summed E-state index contributed by atoms with van der Waals surface area (Å²) in [7, 11) is 0. The molecule has 0 radical (unpaired) electrons. The van der Waals surface area contributed by atoms with Crippen molar-refractivity contribution in [1.29, 1.82) is 0 Å². The molecular weight excluding hydrogens is 412 g/mol. The highest BCUT2D eigenvalue weighted by atomic mass is 16.6. The van der Waals surface area contributed by atoms with Gasteiger partial charge in [0.1, 0.15) is 11.6 Å². The summed E-state index contributed by atoms with van der Waals surface area (Å²) < 4.78 is 10.4. The molecule has 0 fully saturated rings. The van der Waals surface area contributed by atoms with Crippen molar-refractivity contribution >= 4 is 17.7 Å². The normalized spacial score (nSPS) is 17.6. The van der Waals surface area contributed by atoms with Crippen molar-refractivity contribution in [2.24, 2.45) is 0 Å². The number of carbonyl (C=O) groups excluding carboxylic acids is 2. The van der Waals surface area contributed by atoms with Gasteiger partial charge in [0.2, 0.25) is 0 Å². The maximum absolute atomic E-state index is 12.6. The number of amides is 1. The Balaban J connectivity index is 2.51. The topological polar surface area (TPSA) is 108 Å². The molecule has 0 spiro atoms. The third-order valence-electron chi connectivity index (χ3n) is 5.93. The quantitative estimate of drug-likeness (QED) is 0.375. The second-order valence-electron chi connectivity index (χ2n) is 10.7. The van der Waals surface area contributed by atoms with E-state index in [9.17, 15) is 19.7 Å². The molecule has 1 aromatic rings. The number of alkyl carbamates (subject to hydrolysis) is 1. The molecule has 8 nitrogen and oxygen atoms in total. The van der Waals surface area contributed by atoms with Crippen LogP contribution < -0.4 is 5.32 Å². The van der Waals surface area contributed by atoms with Gasteiger partial charge in [0.05, 0.1) is 11.5 Å². The maximum atomic E-state index is 12.6. The molecule has 1 N–H and O–H groups in total. The summed E-state index contributed by atoms with van der Waals surface area (Å²) in [4.78, 5) is 36.4. The molecule has 32 heavy (non-hydrogen) atoms. The van der Waals surface area contributed by atoms with E-state index in [4.69, 9.17) is 9.47 Å². The second kappa shape index (κ2) is 9.08.